The largest absolute Gasteiger partial charge is 0.394 e. The zero-order valence-corrected chi connectivity index (χ0v) is 9.29. The average molecular weight is 268 g/mol. The number of nitrogens with zero attached hydrogens (tertiary/aromatic N) is 1. The number of aliphatic hydroxyl groups excluding tert-OH is 3. The van der Waals surface area contributed by atoms with Crippen LogP contribution in [0.4, 0.5) is 13.6 Å². The highest BCUT2D eigenvalue weighted by Crippen LogP contribution is 2.38. The van der Waals surface area contributed by atoms with E-state index in [1.807, 2.05) is 0 Å². The number of carbonyl (C=O) groups excluding carboxylic acids is 1. The maximum absolute atomic E-state index is 13.7. The number of alkyl halides is 2. The highest BCUT2D eigenvalue weighted by Gasteiger charge is 2.61. The van der Waals surface area contributed by atoms with Crippen LogP contribution in [0, 0.1) is 0 Å². The Morgan fingerprint density at radius 2 is 2.17 bits per heavy atom. The molecule has 2 amide bonds. The standard InChI is InChI=1S/C9H14F2N2O5/c10-9(11)6(16)4(3-14)18-7(9)13-2-1-5(15)12-8(13)17/h4-7,14-16H,1-3H2,(H,12,17)/t4-,5+,6-,7?/m1/s1. The lowest BCUT2D eigenvalue weighted by Gasteiger charge is -2.36. The molecule has 2 aliphatic heterocycles. The minimum absolute atomic E-state index is 0.0710. The van der Waals surface area contributed by atoms with E-state index in [1.165, 1.54) is 0 Å². The van der Waals surface area contributed by atoms with E-state index in [0.29, 0.717) is 4.90 Å². The van der Waals surface area contributed by atoms with Gasteiger partial charge in [-0.25, -0.2) is 4.79 Å². The van der Waals surface area contributed by atoms with Crippen molar-refractivity contribution in [2.45, 2.75) is 37.0 Å². The molecular formula is C9H14F2N2O5. The maximum atomic E-state index is 13.7. The van der Waals surface area contributed by atoms with Crippen LogP contribution in [0.1, 0.15) is 6.42 Å². The van der Waals surface area contributed by atoms with Gasteiger partial charge in [-0.3, -0.25) is 4.90 Å². The summed E-state index contributed by atoms with van der Waals surface area (Å²) in [4.78, 5) is 12.2. The Hall–Kier alpha value is -1.03. The van der Waals surface area contributed by atoms with E-state index >= 15 is 0 Å². The number of ether oxygens (including phenoxy) is 1. The number of amides is 2. The summed E-state index contributed by atoms with van der Waals surface area (Å²) in [5.41, 5.74) is 0. The molecular weight excluding hydrogens is 254 g/mol. The summed E-state index contributed by atoms with van der Waals surface area (Å²) < 4.78 is 32.3. The Labute approximate surface area is 101 Å². The molecule has 2 aliphatic rings. The third-order valence-corrected chi connectivity index (χ3v) is 3.04. The quantitative estimate of drug-likeness (QED) is 0.485. The van der Waals surface area contributed by atoms with Crippen molar-refractivity contribution >= 4 is 6.03 Å². The molecule has 2 heterocycles. The molecule has 0 saturated carbocycles. The van der Waals surface area contributed by atoms with Gasteiger partial charge in [0.15, 0.2) is 6.10 Å². The molecule has 104 valence electrons. The molecule has 2 saturated heterocycles. The first-order valence-electron chi connectivity index (χ1n) is 5.45. The van der Waals surface area contributed by atoms with Gasteiger partial charge in [0.2, 0.25) is 6.23 Å². The van der Waals surface area contributed by atoms with E-state index in [-0.39, 0.29) is 13.0 Å². The highest BCUT2D eigenvalue weighted by atomic mass is 19.3. The molecule has 0 spiro atoms. The Bertz CT molecular complexity index is 343. The minimum Gasteiger partial charge on any atom is -0.394 e. The number of nitrogens with one attached hydrogen (secondary N) is 1. The van der Waals surface area contributed by atoms with Crippen LogP contribution in [-0.2, 0) is 4.74 Å². The molecule has 7 nitrogen and oxygen atoms in total. The van der Waals surface area contributed by atoms with E-state index in [4.69, 9.17) is 14.9 Å². The number of urea groups is 1. The van der Waals surface area contributed by atoms with Crippen LogP contribution in [0.15, 0.2) is 0 Å². The predicted molar refractivity (Wildman–Crippen MR) is 52.6 cm³/mol. The SMILES string of the molecule is O=C1N[C@@H](O)CCN1C1O[C@H](CO)[C@@H](O)C1(F)F. The molecule has 1 unspecified atom stereocenters. The van der Waals surface area contributed by atoms with Crippen molar-refractivity contribution in [2.24, 2.45) is 0 Å². The average Bonchev–Trinajstić information content (AvgIpc) is 2.52. The van der Waals surface area contributed by atoms with Crippen LogP contribution < -0.4 is 5.32 Å². The van der Waals surface area contributed by atoms with Gasteiger partial charge >= 0.3 is 12.0 Å². The van der Waals surface area contributed by atoms with E-state index < -0.39 is 43.2 Å². The van der Waals surface area contributed by atoms with Crippen molar-refractivity contribution in [1.82, 2.24) is 10.2 Å². The maximum Gasteiger partial charge on any atom is 0.321 e. The summed E-state index contributed by atoms with van der Waals surface area (Å²) in [6.45, 7) is -0.899. The van der Waals surface area contributed by atoms with Gasteiger partial charge in [0, 0.05) is 13.0 Å². The third-order valence-electron chi connectivity index (χ3n) is 3.04. The van der Waals surface area contributed by atoms with Crippen molar-refractivity contribution in [3.63, 3.8) is 0 Å². The molecule has 2 rings (SSSR count). The van der Waals surface area contributed by atoms with E-state index in [0.717, 1.165) is 0 Å². The monoisotopic (exact) mass is 268 g/mol. The molecule has 2 fully saturated rings. The van der Waals surface area contributed by atoms with Crippen molar-refractivity contribution in [1.29, 1.82) is 0 Å². The van der Waals surface area contributed by atoms with Crippen LogP contribution in [0.2, 0.25) is 0 Å². The first-order chi connectivity index (χ1) is 8.37. The molecule has 0 aliphatic carbocycles. The topological polar surface area (TPSA) is 102 Å². The molecule has 4 atom stereocenters. The molecule has 0 aromatic rings. The summed E-state index contributed by atoms with van der Waals surface area (Å²) in [7, 11) is 0. The fourth-order valence-electron chi connectivity index (χ4n) is 2.03. The number of carbonyl (C=O) groups is 1. The second-order valence-corrected chi connectivity index (χ2v) is 4.28. The van der Waals surface area contributed by atoms with Crippen LogP contribution >= 0.6 is 0 Å². The van der Waals surface area contributed by atoms with Crippen LogP contribution in [0.25, 0.3) is 0 Å². The summed E-state index contributed by atoms with van der Waals surface area (Å²) in [6, 6.07) is -0.899. The van der Waals surface area contributed by atoms with E-state index in [9.17, 15) is 18.7 Å². The lowest BCUT2D eigenvalue weighted by Crippen LogP contribution is -2.59. The van der Waals surface area contributed by atoms with Gasteiger partial charge in [0.25, 0.3) is 0 Å². The van der Waals surface area contributed by atoms with Crippen LogP contribution in [0.3, 0.4) is 0 Å². The predicted octanol–water partition coefficient (Wildman–Crippen LogP) is -1.57. The van der Waals surface area contributed by atoms with Gasteiger partial charge in [-0.1, -0.05) is 0 Å². The first kappa shape index (κ1) is 13.4. The van der Waals surface area contributed by atoms with Gasteiger partial charge in [-0.15, -0.1) is 0 Å². The third kappa shape index (κ3) is 2.03. The van der Waals surface area contributed by atoms with Gasteiger partial charge in [-0.2, -0.15) is 8.78 Å². The van der Waals surface area contributed by atoms with Gasteiger partial charge in [0.05, 0.1) is 6.61 Å². The zero-order chi connectivity index (χ0) is 13.5. The number of hydrogen-bond acceptors (Lipinski definition) is 5. The number of halogens is 2. The lowest BCUT2D eigenvalue weighted by molar-refractivity contribution is -0.159. The van der Waals surface area contributed by atoms with Crippen molar-refractivity contribution in [3.8, 4) is 0 Å². The smallest absolute Gasteiger partial charge is 0.321 e. The second kappa shape index (κ2) is 4.57. The number of aliphatic hydroxyl groups is 3. The van der Waals surface area contributed by atoms with Gasteiger partial charge in [-0.05, 0) is 0 Å². The van der Waals surface area contributed by atoms with Crippen molar-refractivity contribution < 1.29 is 33.6 Å². The molecule has 0 bridgehead atoms. The summed E-state index contributed by atoms with van der Waals surface area (Å²) in [5, 5.41) is 29.3. The molecule has 0 aromatic heterocycles. The van der Waals surface area contributed by atoms with Crippen LogP contribution in [0.5, 0.6) is 0 Å². The van der Waals surface area contributed by atoms with Crippen LogP contribution in [-0.4, -0.2) is 70.0 Å². The number of rotatable bonds is 2. The first-order valence-corrected chi connectivity index (χ1v) is 5.45. The normalized spacial score (nSPS) is 39.8. The Morgan fingerprint density at radius 3 is 2.67 bits per heavy atom. The molecule has 9 heteroatoms. The Kier molecular flexibility index (Phi) is 3.41. The summed E-state index contributed by atoms with van der Waals surface area (Å²) in [5.74, 6) is -3.67. The minimum atomic E-state index is -3.67. The molecule has 4 N–H and O–H groups in total. The molecule has 0 radical (unpaired) electrons. The zero-order valence-electron chi connectivity index (χ0n) is 9.29. The molecule has 0 aromatic carbocycles. The summed E-state index contributed by atoms with van der Waals surface area (Å²) >= 11 is 0. The lowest BCUT2D eigenvalue weighted by atomic mass is 10.1. The van der Waals surface area contributed by atoms with Crippen molar-refractivity contribution in [2.75, 3.05) is 13.2 Å². The fraction of sp³-hybridized carbons (Fsp3) is 0.889. The van der Waals surface area contributed by atoms with Gasteiger partial charge < -0.3 is 25.4 Å². The van der Waals surface area contributed by atoms with E-state index in [1.54, 1.807) is 0 Å². The fourth-order valence-corrected chi connectivity index (χ4v) is 2.03. The summed E-state index contributed by atoms with van der Waals surface area (Å²) in [6.07, 6.45) is -6.57. The van der Waals surface area contributed by atoms with Crippen molar-refractivity contribution in [3.05, 3.63) is 0 Å². The Morgan fingerprint density at radius 1 is 1.50 bits per heavy atom. The second-order valence-electron chi connectivity index (χ2n) is 4.28. The highest BCUT2D eigenvalue weighted by molar-refractivity contribution is 5.75. The number of hydrogen-bond donors (Lipinski definition) is 4. The van der Waals surface area contributed by atoms with E-state index in [2.05, 4.69) is 5.32 Å². The van der Waals surface area contributed by atoms with Gasteiger partial charge in [0.1, 0.15) is 12.3 Å². The Balaban J connectivity index is 2.15. The molecule has 18 heavy (non-hydrogen) atoms.